The summed E-state index contributed by atoms with van der Waals surface area (Å²) in [5.74, 6) is 0. The fourth-order valence-corrected chi connectivity index (χ4v) is 4.27. The molecule has 0 aliphatic heterocycles. The van der Waals surface area contributed by atoms with Gasteiger partial charge >= 0.3 is 135 Å². The van der Waals surface area contributed by atoms with Crippen LogP contribution >= 0.6 is 0 Å². The van der Waals surface area contributed by atoms with E-state index in [0.717, 1.165) is 12.8 Å². The molecule has 2 aromatic carbocycles. The average molecular weight is 341 g/mol. The molecule has 0 saturated heterocycles. The molecule has 0 bridgehead atoms. The predicted molar refractivity (Wildman–Crippen MR) is 93.8 cm³/mol. The van der Waals surface area contributed by atoms with E-state index in [0.29, 0.717) is 15.0 Å². The summed E-state index contributed by atoms with van der Waals surface area (Å²) in [5, 5.41) is 2.40. The van der Waals surface area contributed by atoms with Crippen LogP contribution in [0.5, 0.6) is 0 Å². The van der Waals surface area contributed by atoms with E-state index in [-0.39, 0.29) is 0 Å². The summed E-state index contributed by atoms with van der Waals surface area (Å²) >= 11 is 0.611. The molecule has 21 heavy (non-hydrogen) atoms. The molecule has 0 nitrogen and oxygen atoms in total. The zero-order valence-electron chi connectivity index (χ0n) is 12.4. The Kier molecular flexibility index (Phi) is 6.53. The quantitative estimate of drug-likeness (QED) is 0.488. The summed E-state index contributed by atoms with van der Waals surface area (Å²) in [6, 6.07) is 17.8. The zero-order chi connectivity index (χ0) is 14.9. The molecule has 0 spiro atoms. The van der Waals surface area contributed by atoms with Crippen molar-refractivity contribution < 1.29 is 0 Å². The van der Waals surface area contributed by atoms with E-state index in [4.69, 9.17) is 0 Å². The van der Waals surface area contributed by atoms with Crippen molar-refractivity contribution in [2.24, 2.45) is 0 Å². The van der Waals surface area contributed by atoms with Crippen LogP contribution < -0.4 is 0 Å². The van der Waals surface area contributed by atoms with Gasteiger partial charge in [-0.05, 0) is 0 Å². The van der Waals surface area contributed by atoms with Gasteiger partial charge in [-0.2, -0.15) is 0 Å². The second-order valence-electron chi connectivity index (χ2n) is 5.12. The van der Waals surface area contributed by atoms with Crippen LogP contribution in [0.25, 0.3) is 0 Å². The molecule has 0 aliphatic rings. The monoisotopic (exact) mass is 342 g/mol. The van der Waals surface area contributed by atoms with Gasteiger partial charge in [0.2, 0.25) is 0 Å². The molecule has 0 radical (unpaired) electrons. The Balaban J connectivity index is 1.89. The first-order valence-corrected chi connectivity index (χ1v) is 9.69. The van der Waals surface area contributed by atoms with E-state index in [1.165, 1.54) is 32.9 Å². The topological polar surface area (TPSA) is 0 Å². The van der Waals surface area contributed by atoms with Crippen molar-refractivity contribution in [3.05, 3.63) is 96.1 Å². The Morgan fingerprint density at radius 3 is 1.57 bits per heavy atom. The second kappa shape index (κ2) is 8.67. The molecular weight excluding hydrogens is 319 g/mol. The molecule has 0 unspecified atom stereocenters. The Labute approximate surface area is 134 Å². The minimum atomic E-state index is 0.611. The van der Waals surface area contributed by atoms with Crippen molar-refractivity contribution in [1.29, 1.82) is 0 Å². The third-order valence-electron chi connectivity index (χ3n) is 3.28. The number of benzene rings is 2. The van der Waals surface area contributed by atoms with Crippen LogP contribution in [0.3, 0.4) is 0 Å². The van der Waals surface area contributed by atoms with Gasteiger partial charge in [0.25, 0.3) is 0 Å². The molecule has 0 aliphatic carbocycles. The third kappa shape index (κ3) is 5.38. The Hall–Kier alpha value is -1.56. The van der Waals surface area contributed by atoms with Gasteiger partial charge in [0.05, 0.1) is 0 Å². The molecular formula is C20H22Se. The van der Waals surface area contributed by atoms with Gasteiger partial charge in [-0.15, -0.1) is 0 Å². The van der Waals surface area contributed by atoms with Gasteiger partial charge in [0.15, 0.2) is 0 Å². The zero-order valence-corrected chi connectivity index (χ0v) is 14.1. The standard InChI is InChI=1S/C20H22Se/c1-3-7-17-9-5-11-19(13-17)15-21-16-20-12-6-10-18(14-20)8-4-2/h3-6,9-14H,1-2,7-8,15-16H2. The van der Waals surface area contributed by atoms with Crippen LogP contribution in [0.15, 0.2) is 73.8 Å². The number of allylic oxidation sites excluding steroid dienone is 2. The van der Waals surface area contributed by atoms with E-state index in [9.17, 15) is 0 Å². The van der Waals surface area contributed by atoms with Crippen molar-refractivity contribution in [3.63, 3.8) is 0 Å². The summed E-state index contributed by atoms with van der Waals surface area (Å²) in [7, 11) is 0. The predicted octanol–water partition coefficient (Wildman–Crippen LogP) is 4.55. The molecule has 108 valence electrons. The summed E-state index contributed by atoms with van der Waals surface area (Å²) in [5.41, 5.74) is 5.64. The minimum absolute atomic E-state index is 0.611. The number of hydrogen-bond donors (Lipinski definition) is 0. The normalized spacial score (nSPS) is 10.3. The van der Waals surface area contributed by atoms with E-state index >= 15 is 0 Å². The fraction of sp³-hybridized carbons (Fsp3) is 0.200. The molecule has 0 N–H and O–H groups in total. The second-order valence-corrected chi connectivity index (χ2v) is 7.19. The Morgan fingerprint density at radius 2 is 1.14 bits per heavy atom. The van der Waals surface area contributed by atoms with Crippen molar-refractivity contribution in [2.75, 3.05) is 0 Å². The van der Waals surface area contributed by atoms with E-state index in [2.05, 4.69) is 61.7 Å². The molecule has 0 amide bonds. The van der Waals surface area contributed by atoms with Gasteiger partial charge in [-0.3, -0.25) is 0 Å². The summed E-state index contributed by atoms with van der Waals surface area (Å²) in [6.45, 7) is 7.62. The van der Waals surface area contributed by atoms with Crippen LogP contribution in [-0.4, -0.2) is 15.0 Å². The third-order valence-corrected chi connectivity index (χ3v) is 5.54. The van der Waals surface area contributed by atoms with Crippen LogP contribution in [0.2, 0.25) is 0 Å². The molecule has 2 aromatic rings. The molecule has 0 aromatic heterocycles. The first kappa shape index (κ1) is 15.8. The van der Waals surface area contributed by atoms with Gasteiger partial charge in [0, 0.05) is 0 Å². The molecule has 0 fully saturated rings. The molecule has 1 heteroatoms. The van der Waals surface area contributed by atoms with Crippen LogP contribution in [0.4, 0.5) is 0 Å². The number of hydrogen-bond acceptors (Lipinski definition) is 0. The van der Waals surface area contributed by atoms with E-state index in [1.54, 1.807) is 0 Å². The maximum atomic E-state index is 3.81. The number of rotatable bonds is 8. The van der Waals surface area contributed by atoms with E-state index in [1.807, 2.05) is 12.2 Å². The van der Waals surface area contributed by atoms with Gasteiger partial charge < -0.3 is 0 Å². The van der Waals surface area contributed by atoms with Crippen molar-refractivity contribution in [2.45, 2.75) is 23.5 Å². The van der Waals surface area contributed by atoms with Gasteiger partial charge in [-0.25, -0.2) is 0 Å². The first-order chi connectivity index (χ1) is 10.3. The van der Waals surface area contributed by atoms with Crippen molar-refractivity contribution in [1.82, 2.24) is 0 Å². The Morgan fingerprint density at radius 1 is 0.714 bits per heavy atom. The molecule has 0 saturated carbocycles. The van der Waals surface area contributed by atoms with Gasteiger partial charge in [-0.1, -0.05) is 0 Å². The SMILES string of the molecule is C=CCc1cccc(C[Se]Cc2cccc(CC=C)c2)c1. The van der Waals surface area contributed by atoms with Crippen LogP contribution in [0.1, 0.15) is 22.3 Å². The first-order valence-electron chi connectivity index (χ1n) is 7.27. The van der Waals surface area contributed by atoms with Crippen molar-refractivity contribution in [3.8, 4) is 0 Å². The van der Waals surface area contributed by atoms with Gasteiger partial charge in [0.1, 0.15) is 0 Å². The Bertz CT molecular complexity index is 545. The van der Waals surface area contributed by atoms with Crippen molar-refractivity contribution >= 4 is 15.0 Å². The van der Waals surface area contributed by atoms with E-state index < -0.39 is 0 Å². The van der Waals surface area contributed by atoms with Crippen LogP contribution in [-0.2, 0) is 23.5 Å². The summed E-state index contributed by atoms with van der Waals surface area (Å²) in [4.78, 5) is 0. The van der Waals surface area contributed by atoms with Crippen LogP contribution in [0, 0.1) is 0 Å². The molecule has 2 rings (SSSR count). The maximum absolute atomic E-state index is 3.81. The fourth-order valence-electron chi connectivity index (χ4n) is 2.31. The summed E-state index contributed by atoms with van der Waals surface area (Å²) < 4.78 is 0. The molecule has 0 heterocycles. The summed E-state index contributed by atoms with van der Waals surface area (Å²) in [6.07, 6.45) is 5.86. The molecule has 0 atom stereocenters. The average Bonchev–Trinajstić information content (AvgIpc) is 2.49.